The average molecular weight is 399 g/mol. The predicted molar refractivity (Wildman–Crippen MR) is 116 cm³/mol. The molecule has 0 spiro atoms. The molecule has 1 aromatic rings. The van der Waals surface area contributed by atoms with Crippen molar-refractivity contribution in [2.45, 2.75) is 65.7 Å². The zero-order valence-electron chi connectivity index (χ0n) is 17.9. The second-order valence-corrected chi connectivity index (χ2v) is 7.97. The van der Waals surface area contributed by atoms with Gasteiger partial charge in [-0.3, -0.25) is 0 Å². The van der Waals surface area contributed by atoms with E-state index in [0.29, 0.717) is 17.3 Å². The van der Waals surface area contributed by atoms with Gasteiger partial charge in [-0.15, -0.1) is 0 Å². The Morgan fingerprint density at radius 1 is 1.17 bits per heavy atom. The van der Waals surface area contributed by atoms with Crippen LogP contribution in [0.15, 0.2) is 69.8 Å². The van der Waals surface area contributed by atoms with E-state index in [2.05, 4.69) is 32.9 Å². The van der Waals surface area contributed by atoms with Crippen LogP contribution < -0.4 is 0 Å². The van der Waals surface area contributed by atoms with Gasteiger partial charge in [-0.05, 0) is 88.5 Å². The minimum atomic E-state index is -0.435. The molecule has 2 heterocycles. The van der Waals surface area contributed by atoms with Crippen molar-refractivity contribution in [2.75, 3.05) is 6.61 Å². The lowest BCUT2D eigenvalue weighted by molar-refractivity contribution is -0.133. The summed E-state index contributed by atoms with van der Waals surface area (Å²) >= 11 is 0. The number of furan rings is 1. The van der Waals surface area contributed by atoms with Gasteiger partial charge in [0.05, 0.1) is 24.7 Å². The Morgan fingerprint density at radius 2 is 1.90 bits per heavy atom. The van der Waals surface area contributed by atoms with Crippen molar-refractivity contribution in [1.82, 2.24) is 0 Å². The van der Waals surface area contributed by atoms with E-state index >= 15 is 0 Å². The number of aryl methyl sites for hydroxylation is 1. The number of hydrogen-bond donors (Lipinski definition) is 1. The van der Waals surface area contributed by atoms with Crippen LogP contribution in [0.2, 0.25) is 0 Å². The number of cyclic esters (lactones) is 1. The summed E-state index contributed by atoms with van der Waals surface area (Å²) in [6, 6.07) is 2.02. The van der Waals surface area contributed by atoms with Gasteiger partial charge in [0.25, 0.3) is 0 Å². The monoisotopic (exact) mass is 398 g/mol. The van der Waals surface area contributed by atoms with Crippen LogP contribution in [0, 0.1) is 5.92 Å². The van der Waals surface area contributed by atoms with Crippen molar-refractivity contribution in [3.63, 3.8) is 0 Å². The highest BCUT2D eigenvalue weighted by Crippen LogP contribution is 2.21. The van der Waals surface area contributed by atoms with E-state index in [1.54, 1.807) is 12.3 Å². The van der Waals surface area contributed by atoms with E-state index in [-0.39, 0.29) is 6.61 Å². The molecule has 0 aromatic carbocycles. The van der Waals surface area contributed by atoms with Crippen molar-refractivity contribution in [3.05, 3.63) is 70.9 Å². The molecule has 2 rings (SSSR count). The van der Waals surface area contributed by atoms with E-state index < -0.39 is 5.97 Å². The van der Waals surface area contributed by atoms with E-state index in [0.717, 1.165) is 44.9 Å². The third-order valence-corrected chi connectivity index (χ3v) is 5.18. The van der Waals surface area contributed by atoms with Crippen LogP contribution in [0.1, 0.15) is 64.9 Å². The van der Waals surface area contributed by atoms with Crippen molar-refractivity contribution in [2.24, 2.45) is 5.92 Å². The molecule has 1 aliphatic rings. The first-order valence-corrected chi connectivity index (χ1v) is 10.6. The number of aliphatic hydroxyl groups is 1. The van der Waals surface area contributed by atoms with Gasteiger partial charge in [0, 0.05) is 0 Å². The Kier molecular flexibility index (Phi) is 9.72. The second-order valence-electron chi connectivity index (χ2n) is 7.97. The summed E-state index contributed by atoms with van der Waals surface area (Å²) in [6.07, 6.45) is 19.4. The van der Waals surface area contributed by atoms with Gasteiger partial charge in [-0.1, -0.05) is 30.2 Å². The highest BCUT2D eigenvalue weighted by Gasteiger charge is 2.20. The summed E-state index contributed by atoms with van der Waals surface area (Å²) in [7, 11) is 0. The first-order chi connectivity index (χ1) is 14.0. The van der Waals surface area contributed by atoms with Crippen molar-refractivity contribution >= 4 is 5.97 Å². The molecule has 1 atom stereocenters. The number of ether oxygens (including phenoxy) is 1. The standard InChI is InChI=1S/C25H34O4/c1-19(11-12-20(2)9-6-10-22-13-14-28-18-22)7-4-5-8-21(3)15-24-16-23(17-26)25(27)29-24/h7,9,13-16,18,21,26H,4-6,8,10-12,17H2,1-3H3/b19-7+,20-9+,24-15-. The Morgan fingerprint density at radius 3 is 2.52 bits per heavy atom. The van der Waals surface area contributed by atoms with Gasteiger partial charge in [0.2, 0.25) is 0 Å². The molecule has 1 aliphatic heterocycles. The Labute approximate surface area is 174 Å². The minimum absolute atomic E-state index is 0.270. The number of rotatable bonds is 12. The van der Waals surface area contributed by atoms with Crippen LogP contribution in [0.3, 0.4) is 0 Å². The normalized spacial score (nSPS) is 17.6. The summed E-state index contributed by atoms with van der Waals surface area (Å²) in [5.74, 6) is 0.463. The fourth-order valence-electron chi connectivity index (χ4n) is 3.30. The summed E-state index contributed by atoms with van der Waals surface area (Å²) < 4.78 is 10.2. The third-order valence-electron chi connectivity index (χ3n) is 5.18. The van der Waals surface area contributed by atoms with Gasteiger partial charge in [0.1, 0.15) is 5.76 Å². The summed E-state index contributed by atoms with van der Waals surface area (Å²) in [6.45, 7) is 6.28. The van der Waals surface area contributed by atoms with Gasteiger partial charge < -0.3 is 14.3 Å². The number of carbonyl (C=O) groups excluding carboxylic acids is 1. The average Bonchev–Trinajstić information content (AvgIpc) is 3.33. The number of carbonyl (C=O) groups is 1. The van der Waals surface area contributed by atoms with Crippen molar-refractivity contribution in [1.29, 1.82) is 0 Å². The number of unbranched alkanes of at least 4 members (excludes halogenated alkanes) is 1. The van der Waals surface area contributed by atoms with E-state index in [9.17, 15) is 4.79 Å². The smallest absolute Gasteiger partial charge is 0.341 e. The molecule has 158 valence electrons. The van der Waals surface area contributed by atoms with Gasteiger partial charge in [-0.2, -0.15) is 0 Å². The molecular formula is C25H34O4. The lowest BCUT2D eigenvalue weighted by Gasteiger charge is -2.07. The Bertz CT molecular complexity index is 763. The first-order valence-electron chi connectivity index (χ1n) is 10.6. The zero-order chi connectivity index (χ0) is 21.1. The van der Waals surface area contributed by atoms with Gasteiger partial charge in [-0.25, -0.2) is 4.79 Å². The van der Waals surface area contributed by atoms with Crippen LogP contribution in [0.4, 0.5) is 0 Å². The Balaban J connectivity index is 1.61. The molecule has 0 bridgehead atoms. The maximum atomic E-state index is 11.4. The molecule has 4 nitrogen and oxygen atoms in total. The van der Waals surface area contributed by atoms with Crippen LogP contribution >= 0.6 is 0 Å². The highest BCUT2D eigenvalue weighted by atomic mass is 16.5. The van der Waals surface area contributed by atoms with Crippen LogP contribution in [0.5, 0.6) is 0 Å². The fourth-order valence-corrected chi connectivity index (χ4v) is 3.30. The minimum Gasteiger partial charge on any atom is -0.472 e. The number of esters is 1. The molecule has 0 saturated carbocycles. The number of allylic oxidation sites excluding steroid dienone is 6. The highest BCUT2D eigenvalue weighted by molar-refractivity contribution is 5.92. The third kappa shape index (κ3) is 8.70. The van der Waals surface area contributed by atoms with E-state index in [4.69, 9.17) is 14.3 Å². The maximum Gasteiger partial charge on any atom is 0.341 e. The van der Waals surface area contributed by atoms with Crippen molar-refractivity contribution in [3.8, 4) is 0 Å². The summed E-state index contributed by atoms with van der Waals surface area (Å²) in [4.78, 5) is 11.4. The molecule has 29 heavy (non-hydrogen) atoms. The molecule has 1 unspecified atom stereocenters. The summed E-state index contributed by atoms with van der Waals surface area (Å²) in [5, 5.41) is 9.06. The molecule has 0 aliphatic carbocycles. The Hall–Kier alpha value is -2.33. The molecule has 0 fully saturated rings. The molecule has 0 amide bonds. The zero-order valence-corrected chi connectivity index (χ0v) is 17.9. The fraction of sp³-hybridized carbons (Fsp3) is 0.480. The lowest BCUT2D eigenvalue weighted by atomic mass is 10.0. The molecule has 1 N–H and O–H groups in total. The van der Waals surface area contributed by atoms with Crippen LogP contribution in [-0.4, -0.2) is 17.7 Å². The van der Waals surface area contributed by atoms with E-state index in [1.807, 2.05) is 18.4 Å². The predicted octanol–water partition coefficient (Wildman–Crippen LogP) is 6.05. The lowest BCUT2D eigenvalue weighted by Crippen LogP contribution is -2.02. The second kappa shape index (κ2) is 12.3. The quantitative estimate of drug-likeness (QED) is 0.264. The summed E-state index contributed by atoms with van der Waals surface area (Å²) in [5.41, 5.74) is 4.47. The maximum absolute atomic E-state index is 11.4. The van der Waals surface area contributed by atoms with Crippen LogP contribution in [-0.2, 0) is 16.0 Å². The van der Waals surface area contributed by atoms with Gasteiger partial charge in [0.15, 0.2) is 0 Å². The van der Waals surface area contributed by atoms with Crippen LogP contribution in [0.25, 0.3) is 0 Å². The number of aliphatic hydroxyl groups excluding tert-OH is 1. The molecule has 0 radical (unpaired) electrons. The number of hydrogen-bond acceptors (Lipinski definition) is 4. The largest absolute Gasteiger partial charge is 0.472 e. The molecular weight excluding hydrogens is 364 g/mol. The van der Waals surface area contributed by atoms with Crippen molar-refractivity contribution < 1.29 is 19.1 Å². The molecule has 4 heteroatoms. The van der Waals surface area contributed by atoms with Gasteiger partial charge >= 0.3 is 5.97 Å². The topological polar surface area (TPSA) is 59.7 Å². The molecule has 1 aromatic heterocycles. The van der Waals surface area contributed by atoms with E-state index in [1.165, 1.54) is 16.7 Å². The first kappa shape index (κ1) is 23.0. The SMILES string of the molecule is C/C(=C\CCCC(C)/C=C1/C=C(CO)C(=O)O1)CC/C(C)=C/CCc1ccoc1. The molecule has 0 saturated heterocycles.